The molecule has 4 atom stereocenters. The van der Waals surface area contributed by atoms with Gasteiger partial charge < -0.3 is 19.3 Å². The summed E-state index contributed by atoms with van der Waals surface area (Å²) in [4.78, 5) is 27.3. The Morgan fingerprint density at radius 2 is 1.86 bits per heavy atom. The molecular formula is C21H23N5O3. The first-order valence-electron chi connectivity index (χ1n) is 9.89. The predicted octanol–water partition coefficient (Wildman–Crippen LogP) is 2.06. The summed E-state index contributed by atoms with van der Waals surface area (Å²) in [5.74, 6) is 0.833. The van der Waals surface area contributed by atoms with Gasteiger partial charge in [-0.2, -0.15) is 0 Å². The van der Waals surface area contributed by atoms with Crippen molar-refractivity contribution in [1.29, 1.82) is 0 Å². The zero-order valence-corrected chi connectivity index (χ0v) is 16.2. The molecule has 1 saturated carbocycles. The average molecular weight is 393 g/mol. The normalized spacial score (nSPS) is 26.5. The van der Waals surface area contributed by atoms with Gasteiger partial charge in [-0.3, -0.25) is 0 Å². The van der Waals surface area contributed by atoms with Gasteiger partial charge in [-0.05, 0) is 36.8 Å². The van der Waals surface area contributed by atoms with E-state index in [1.807, 2.05) is 30.6 Å². The predicted molar refractivity (Wildman–Crippen MR) is 107 cm³/mol. The van der Waals surface area contributed by atoms with Crippen molar-refractivity contribution in [2.75, 3.05) is 25.1 Å². The lowest BCUT2D eigenvalue weighted by molar-refractivity contribution is 0.0375. The van der Waals surface area contributed by atoms with E-state index >= 15 is 0 Å². The van der Waals surface area contributed by atoms with Crippen molar-refractivity contribution in [2.24, 2.45) is 11.8 Å². The lowest BCUT2D eigenvalue weighted by Crippen LogP contribution is -2.36. The van der Waals surface area contributed by atoms with Crippen LogP contribution < -0.4 is 4.90 Å². The van der Waals surface area contributed by atoms with Crippen LogP contribution >= 0.6 is 0 Å². The second kappa shape index (κ2) is 7.11. The Labute approximate surface area is 168 Å². The molecule has 150 valence electrons. The molecule has 0 radical (unpaired) electrons. The maximum absolute atomic E-state index is 12.1. The van der Waals surface area contributed by atoms with E-state index in [9.17, 15) is 9.90 Å². The van der Waals surface area contributed by atoms with E-state index in [-0.39, 0.29) is 11.7 Å². The fourth-order valence-electron chi connectivity index (χ4n) is 4.92. The Hall–Kier alpha value is -3.00. The van der Waals surface area contributed by atoms with Gasteiger partial charge in [-0.25, -0.2) is 19.7 Å². The smallest absolute Gasteiger partial charge is 0.360 e. The van der Waals surface area contributed by atoms with Gasteiger partial charge in [0.2, 0.25) is 0 Å². The van der Waals surface area contributed by atoms with Crippen molar-refractivity contribution >= 4 is 22.8 Å². The van der Waals surface area contributed by atoms with E-state index in [1.165, 1.54) is 13.3 Å². The van der Waals surface area contributed by atoms with Crippen molar-refractivity contribution in [3.63, 3.8) is 0 Å². The van der Waals surface area contributed by atoms with E-state index in [1.54, 1.807) is 6.20 Å². The number of hydrogen-bond donors (Lipinski definition) is 1. The molecule has 1 aliphatic carbocycles. The molecule has 0 spiro atoms. The van der Waals surface area contributed by atoms with E-state index in [0.29, 0.717) is 24.1 Å². The Morgan fingerprint density at radius 3 is 2.69 bits per heavy atom. The van der Waals surface area contributed by atoms with Gasteiger partial charge in [0.1, 0.15) is 0 Å². The lowest BCUT2D eigenvalue weighted by atomic mass is 9.77. The van der Waals surface area contributed by atoms with Crippen LogP contribution in [0.25, 0.3) is 11.0 Å². The number of carbonyl (C=O) groups excluding carboxylic acids is 1. The molecule has 0 unspecified atom stereocenters. The van der Waals surface area contributed by atoms with Gasteiger partial charge in [-0.15, -0.1) is 0 Å². The number of anilines is 1. The number of aliphatic hydroxyl groups excluding tert-OH is 1. The monoisotopic (exact) mass is 393 g/mol. The van der Waals surface area contributed by atoms with Gasteiger partial charge in [0.15, 0.2) is 11.5 Å². The lowest BCUT2D eigenvalue weighted by Gasteiger charge is -2.36. The topological polar surface area (TPSA) is 93.4 Å². The number of methoxy groups -OCH3 is 1. The van der Waals surface area contributed by atoms with Crippen LogP contribution in [0.1, 0.15) is 29.4 Å². The zero-order chi connectivity index (χ0) is 20.0. The third kappa shape index (κ3) is 3.04. The van der Waals surface area contributed by atoms with Crippen molar-refractivity contribution in [3.8, 4) is 0 Å². The molecule has 5 rings (SSSR count). The SMILES string of the molecule is COC(=O)c1nccnc1N1C[C@H]2C[C@@H](n3cnc4ccccc43)[C@H](O)C[C@H]2C1. The molecule has 1 N–H and O–H groups in total. The Morgan fingerprint density at radius 1 is 1.10 bits per heavy atom. The molecule has 1 saturated heterocycles. The summed E-state index contributed by atoms with van der Waals surface area (Å²) >= 11 is 0. The molecular weight excluding hydrogens is 370 g/mol. The number of nitrogens with zero attached hydrogens (tertiary/aromatic N) is 5. The van der Waals surface area contributed by atoms with Crippen molar-refractivity contribution in [2.45, 2.75) is 25.0 Å². The molecule has 3 heterocycles. The molecule has 1 aliphatic heterocycles. The number of fused-ring (bicyclic) bond motifs is 2. The highest BCUT2D eigenvalue weighted by Crippen LogP contribution is 2.43. The van der Waals surface area contributed by atoms with Gasteiger partial charge in [-0.1, -0.05) is 12.1 Å². The summed E-state index contributed by atoms with van der Waals surface area (Å²) in [6.07, 6.45) is 6.07. The fourth-order valence-corrected chi connectivity index (χ4v) is 4.92. The third-order valence-corrected chi connectivity index (χ3v) is 6.30. The number of ether oxygens (including phenoxy) is 1. The van der Waals surface area contributed by atoms with Crippen LogP contribution in [0.3, 0.4) is 0 Å². The summed E-state index contributed by atoms with van der Waals surface area (Å²) in [6.45, 7) is 1.53. The van der Waals surface area contributed by atoms with Crippen molar-refractivity contribution < 1.29 is 14.6 Å². The van der Waals surface area contributed by atoms with E-state index in [4.69, 9.17) is 4.74 Å². The number of rotatable bonds is 3. The minimum absolute atomic E-state index is 0.00876. The minimum atomic E-state index is -0.481. The molecule has 0 bridgehead atoms. The van der Waals surface area contributed by atoms with Gasteiger partial charge in [0.25, 0.3) is 0 Å². The van der Waals surface area contributed by atoms with Crippen LogP contribution in [0.15, 0.2) is 43.0 Å². The molecule has 8 heteroatoms. The number of hydrogen-bond acceptors (Lipinski definition) is 7. The first-order chi connectivity index (χ1) is 14.2. The summed E-state index contributed by atoms with van der Waals surface area (Å²) < 4.78 is 6.97. The standard InChI is InChI=1S/C21H23N5O3/c1-29-21(28)19-20(23-7-6-22-19)25-10-13-8-17(18(27)9-14(13)11-25)26-12-24-15-4-2-3-5-16(15)26/h2-7,12-14,17-18,27H,8-11H2,1H3/t13-,14+,17-,18-/m1/s1. The van der Waals surface area contributed by atoms with E-state index < -0.39 is 12.1 Å². The summed E-state index contributed by atoms with van der Waals surface area (Å²) in [5, 5.41) is 10.9. The minimum Gasteiger partial charge on any atom is -0.464 e. The highest BCUT2D eigenvalue weighted by atomic mass is 16.5. The molecule has 2 fully saturated rings. The van der Waals surface area contributed by atoms with Crippen LogP contribution in [0.5, 0.6) is 0 Å². The Bertz CT molecular complexity index is 1050. The number of esters is 1. The second-order valence-electron chi connectivity index (χ2n) is 7.89. The number of para-hydroxylation sites is 2. The quantitative estimate of drug-likeness (QED) is 0.681. The third-order valence-electron chi connectivity index (χ3n) is 6.30. The average Bonchev–Trinajstić information content (AvgIpc) is 3.36. The summed E-state index contributed by atoms with van der Waals surface area (Å²) in [7, 11) is 1.35. The van der Waals surface area contributed by atoms with Crippen molar-refractivity contribution in [3.05, 3.63) is 48.7 Å². The molecule has 1 aromatic carbocycles. The second-order valence-corrected chi connectivity index (χ2v) is 7.89. The van der Waals surface area contributed by atoms with Crippen molar-refractivity contribution in [1.82, 2.24) is 19.5 Å². The number of benzene rings is 1. The van der Waals surface area contributed by atoms with Crippen LogP contribution in [0.2, 0.25) is 0 Å². The molecule has 29 heavy (non-hydrogen) atoms. The molecule has 8 nitrogen and oxygen atoms in total. The maximum Gasteiger partial charge on any atom is 0.360 e. The van der Waals surface area contributed by atoms with Crippen LogP contribution in [0.4, 0.5) is 5.82 Å². The molecule has 3 aromatic rings. The fraction of sp³-hybridized carbons (Fsp3) is 0.429. The number of aliphatic hydroxyl groups is 1. The highest BCUT2D eigenvalue weighted by Gasteiger charge is 2.43. The maximum atomic E-state index is 12.1. The van der Waals surface area contributed by atoms with Crippen LogP contribution in [0, 0.1) is 11.8 Å². The summed E-state index contributed by atoms with van der Waals surface area (Å²) in [5.41, 5.74) is 2.23. The first kappa shape index (κ1) is 18.1. The van der Waals surface area contributed by atoms with Crippen LogP contribution in [-0.2, 0) is 4.74 Å². The first-order valence-corrected chi connectivity index (χ1v) is 9.89. The Balaban J connectivity index is 1.40. The number of carbonyl (C=O) groups is 1. The van der Waals surface area contributed by atoms with Gasteiger partial charge >= 0.3 is 5.97 Å². The van der Waals surface area contributed by atoms with Gasteiger partial charge in [0, 0.05) is 25.5 Å². The summed E-state index contributed by atoms with van der Waals surface area (Å²) in [6, 6.07) is 8.00. The zero-order valence-electron chi connectivity index (χ0n) is 16.2. The number of aromatic nitrogens is 4. The number of imidazole rings is 1. The highest BCUT2D eigenvalue weighted by molar-refractivity contribution is 5.92. The molecule has 2 aliphatic rings. The molecule has 0 amide bonds. The van der Waals surface area contributed by atoms with E-state index in [2.05, 4.69) is 24.4 Å². The Kier molecular flexibility index (Phi) is 4.43. The van der Waals surface area contributed by atoms with Gasteiger partial charge in [0.05, 0.1) is 36.6 Å². The largest absolute Gasteiger partial charge is 0.464 e. The molecule has 2 aromatic heterocycles. The van der Waals surface area contributed by atoms with E-state index in [0.717, 1.165) is 30.5 Å². The van der Waals surface area contributed by atoms with Crippen LogP contribution in [-0.4, -0.2) is 56.9 Å².